The Labute approximate surface area is 170 Å². The summed E-state index contributed by atoms with van der Waals surface area (Å²) in [5.74, 6) is 0.169. The number of nitrogens with one attached hydrogen (secondary N) is 1. The molecule has 8 heteroatoms. The number of amides is 1. The number of fused-ring (bicyclic) bond motifs is 1. The molecule has 29 heavy (non-hydrogen) atoms. The van der Waals surface area contributed by atoms with Gasteiger partial charge in [0.05, 0.1) is 5.75 Å². The van der Waals surface area contributed by atoms with Crippen LogP contribution in [0.5, 0.6) is 0 Å². The van der Waals surface area contributed by atoms with Crippen LogP contribution in [0.15, 0.2) is 55.0 Å². The Hall–Kier alpha value is -2.71. The first-order valence-corrected chi connectivity index (χ1v) is 11.3. The van der Waals surface area contributed by atoms with Crippen LogP contribution in [0.1, 0.15) is 40.7 Å². The van der Waals surface area contributed by atoms with Gasteiger partial charge in [-0.3, -0.25) is 4.79 Å². The van der Waals surface area contributed by atoms with Gasteiger partial charge in [0.15, 0.2) is 0 Å². The molecule has 1 amide bonds. The molecule has 1 aliphatic heterocycles. The predicted molar refractivity (Wildman–Crippen MR) is 111 cm³/mol. The molecule has 1 N–H and O–H groups in total. The number of carbonyl (C=O) groups is 1. The van der Waals surface area contributed by atoms with Crippen LogP contribution in [-0.2, 0) is 16.6 Å². The lowest BCUT2D eigenvalue weighted by Gasteiger charge is -2.15. The molecule has 0 radical (unpaired) electrons. The second-order valence-corrected chi connectivity index (χ2v) is 9.53. The maximum absolute atomic E-state index is 12.5. The molecular formula is C21H24N4O3S. The van der Waals surface area contributed by atoms with Crippen LogP contribution in [0.3, 0.4) is 0 Å². The van der Waals surface area contributed by atoms with Gasteiger partial charge in [-0.15, -0.1) is 0 Å². The Morgan fingerprint density at radius 2 is 2.00 bits per heavy atom. The molecule has 7 nitrogen and oxygen atoms in total. The topological polar surface area (TPSA) is 83.8 Å². The van der Waals surface area contributed by atoms with Gasteiger partial charge in [0.1, 0.15) is 5.65 Å². The number of hydrogen-bond acceptors (Lipinski definition) is 4. The van der Waals surface area contributed by atoms with Crippen LogP contribution in [0.4, 0.5) is 0 Å². The van der Waals surface area contributed by atoms with E-state index in [4.69, 9.17) is 0 Å². The second kappa shape index (κ2) is 7.96. The smallest absolute Gasteiger partial charge is 0.251 e. The summed E-state index contributed by atoms with van der Waals surface area (Å²) < 4.78 is 27.6. The Bertz CT molecular complexity index is 1120. The Morgan fingerprint density at radius 3 is 2.76 bits per heavy atom. The molecule has 1 aromatic carbocycles. The number of hydrogen-bond donors (Lipinski definition) is 1. The van der Waals surface area contributed by atoms with Crippen molar-refractivity contribution in [3.05, 3.63) is 71.7 Å². The van der Waals surface area contributed by atoms with Crippen LogP contribution in [-0.4, -0.2) is 46.9 Å². The predicted octanol–water partition coefficient (Wildman–Crippen LogP) is 2.40. The summed E-state index contributed by atoms with van der Waals surface area (Å²) in [6, 6.07) is 11.4. The molecule has 2 aromatic heterocycles. The first-order chi connectivity index (χ1) is 14.0. The highest BCUT2D eigenvalue weighted by molar-refractivity contribution is 7.89. The lowest BCUT2D eigenvalue weighted by atomic mass is 9.97. The van der Waals surface area contributed by atoms with Crippen LogP contribution < -0.4 is 5.32 Å². The van der Waals surface area contributed by atoms with Crippen molar-refractivity contribution in [2.75, 3.05) is 18.8 Å². The van der Waals surface area contributed by atoms with Gasteiger partial charge in [0.25, 0.3) is 5.91 Å². The highest BCUT2D eigenvalue weighted by Gasteiger charge is 2.30. The standard InChI is InChI=1S/C21H24N4O3S/c1-2-29(27,28)25-11-8-19(15-25)17-3-5-18(6-4-17)21(26)23-14-16-7-10-24-12-9-22-20(24)13-16/h3-7,9-10,12-13,19H,2,8,11,14-15H2,1H3,(H,23,26). The first-order valence-electron chi connectivity index (χ1n) is 9.74. The molecule has 1 unspecified atom stereocenters. The number of carbonyl (C=O) groups excluding carboxylic acids is 1. The van der Waals surface area contributed by atoms with E-state index in [1.165, 1.54) is 0 Å². The van der Waals surface area contributed by atoms with Crippen molar-refractivity contribution in [1.29, 1.82) is 0 Å². The van der Waals surface area contributed by atoms with Crippen molar-refractivity contribution in [1.82, 2.24) is 19.0 Å². The molecular weight excluding hydrogens is 388 g/mol. The molecule has 3 aromatic rings. The summed E-state index contributed by atoms with van der Waals surface area (Å²) in [7, 11) is -3.14. The van der Waals surface area contributed by atoms with Crippen molar-refractivity contribution in [3.8, 4) is 0 Å². The zero-order valence-electron chi connectivity index (χ0n) is 16.3. The van der Waals surface area contributed by atoms with E-state index in [1.54, 1.807) is 29.6 Å². The molecule has 1 saturated heterocycles. The van der Waals surface area contributed by atoms with Gasteiger partial charge in [0, 0.05) is 43.8 Å². The molecule has 0 aliphatic carbocycles. The fourth-order valence-corrected chi connectivity index (χ4v) is 4.84. The molecule has 0 spiro atoms. The number of benzene rings is 1. The minimum atomic E-state index is -3.14. The van der Waals surface area contributed by atoms with E-state index >= 15 is 0 Å². The maximum Gasteiger partial charge on any atom is 0.251 e. The largest absolute Gasteiger partial charge is 0.348 e. The third-order valence-electron chi connectivity index (χ3n) is 5.47. The average Bonchev–Trinajstić information content (AvgIpc) is 3.41. The quantitative estimate of drug-likeness (QED) is 0.674. The number of aromatic nitrogens is 2. The summed E-state index contributed by atoms with van der Waals surface area (Å²) in [6.45, 7) is 3.17. The van der Waals surface area contributed by atoms with Crippen molar-refractivity contribution in [2.24, 2.45) is 0 Å². The minimum absolute atomic E-state index is 0.131. The SMILES string of the molecule is CCS(=O)(=O)N1CCC(c2ccc(C(=O)NCc3ccn4ccnc4c3)cc2)C1. The lowest BCUT2D eigenvalue weighted by molar-refractivity contribution is 0.0951. The number of rotatable bonds is 6. The van der Waals surface area contributed by atoms with Gasteiger partial charge in [-0.25, -0.2) is 17.7 Å². The Balaban J connectivity index is 1.36. The monoisotopic (exact) mass is 412 g/mol. The van der Waals surface area contributed by atoms with Gasteiger partial charge in [-0.1, -0.05) is 12.1 Å². The molecule has 0 saturated carbocycles. The summed E-state index contributed by atoms with van der Waals surface area (Å²) in [4.78, 5) is 16.7. The zero-order chi connectivity index (χ0) is 20.4. The highest BCUT2D eigenvalue weighted by atomic mass is 32.2. The van der Waals surface area contributed by atoms with E-state index < -0.39 is 10.0 Å². The second-order valence-electron chi connectivity index (χ2n) is 7.28. The van der Waals surface area contributed by atoms with E-state index in [1.807, 2.05) is 41.1 Å². The highest BCUT2D eigenvalue weighted by Crippen LogP contribution is 2.29. The summed E-state index contributed by atoms with van der Waals surface area (Å²) in [5.41, 5.74) is 3.49. The molecule has 4 rings (SSSR count). The first kappa shape index (κ1) is 19.6. The van der Waals surface area contributed by atoms with E-state index in [0.717, 1.165) is 23.2 Å². The summed E-state index contributed by atoms with van der Waals surface area (Å²) in [6.07, 6.45) is 6.34. The lowest BCUT2D eigenvalue weighted by Crippen LogP contribution is -2.29. The van der Waals surface area contributed by atoms with Crippen molar-refractivity contribution in [2.45, 2.75) is 25.8 Å². The van der Waals surface area contributed by atoms with E-state index in [0.29, 0.717) is 25.2 Å². The molecule has 1 fully saturated rings. The Morgan fingerprint density at radius 1 is 1.21 bits per heavy atom. The maximum atomic E-state index is 12.5. The average molecular weight is 413 g/mol. The molecule has 0 bridgehead atoms. The van der Waals surface area contributed by atoms with Gasteiger partial charge in [-0.05, 0) is 54.7 Å². The van der Waals surface area contributed by atoms with Gasteiger partial charge in [0.2, 0.25) is 10.0 Å². The van der Waals surface area contributed by atoms with E-state index in [2.05, 4.69) is 10.3 Å². The van der Waals surface area contributed by atoms with E-state index in [9.17, 15) is 13.2 Å². The normalized spacial score (nSPS) is 17.6. The molecule has 1 aliphatic rings. The number of sulfonamides is 1. The fraction of sp³-hybridized carbons (Fsp3) is 0.333. The van der Waals surface area contributed by atoms with Crippen LogP contribution in [0.2, 0.25) is 0 Å². The summed E-state index contributed by atoms with van der Waals surface area (Å²) in [5, 5.41) is 2.93. The van der Waals surface area contributed by atoms with Gasteiger partial charge in [-0.2, -0.15) is 0 Å². The minimum Gasteiger partial charge on any atom is -0.348 e. The summed E-state index contributed by atoms with van der Waals surface area (Å²) >= 11 is 0. The van der Waals surface area contributed by atoms with Crippen molar-refractivity contribution >= 4 is 21.6 Å². The fourth-order valence-electron chi connectivity index (χ4n) is 3.69. The molecule has 152 valence electrons. The van der Waals surface area contributed by atoms with Crippen LogP contribution >= 0.6 is 0 Å². The van der Waals surface area contributed by atoms with Crippen molar-refractivity contribution < 1.29 is 13.2 Å². The molecule has 1 atom stereocenters. The number of pyridine rings is 1. The number of nitrogens with zero attached hydrogens (tertiary/aromatic N) is 3. The van der Waals surface area contributed by atoms with Gasteiger partial charge < -0.3 is 9.72 Å². The number of imidazole rings is 1. The van der Waals surface area contributed by atoms with Crippen molar-refractivity contribution in [3.63, 3.8) is 0 Å². The zero-order valence-corrected chi connectivity index (χ0v) is 17.1. The van der Waals surface area contributed by atoms with Crippen LogP contribution in [0.25, 0.3) is 5.65 Å². The van der Waals surface area contributed by atoms with E-state index in [-0.39, 0.29) is 17.6 Å². The Kier molecular flexibility index (Phi) is 5.38. The third-order valence-corrected chi connectivity index (χ3v) is 7.32. The molecule has 3 heterocycles. The van der Waals surface area contributed by atoms with Gasteiger partial charge >= 0.3 is 0 Å². The van der Waals surface area contributed by atoms with Crippen LogP contribution in [0, 0.1) is 0 Å². The third kappa shape index (κ3) is 4.18.